The summed E-state index contributed by atoms with van der Waals surface area (Å²) in [6.07, 6.45) is 3.39. The Hall–Kier alpha value is -1.48. The van der Waals surface area contributed by atoms with Crippen LogP contribution >= 0.6 is 0 Å². The molecule has 0 aromatic heterocycles. The molecule has 8 heteroatoms. The summed E-state index contributed by atoms with van der Waals surface area (Å²) in [5.74, 6) is 0.798. The number of carbonyl (C=O) groups excluding carboxylic acids is 1. The predicted octanol–water partition coefficient (Wildman–Crippen LogP) is 0.425. The lowest BCUT2D eigenvalue weighted by molar-refractivity contribution is -0.133. The van der Waals surface area contributed by atoms with Gasteiger partial charge in [0.15, 0.2) is 0 Å². The normalized spacial score (nSPS) is 26.8. The van der Waals surface area contributed by atoms with Gasteiger partial charge in [0.05, 0.1) is 6.26 Å². The van der Waals surface area contributed by atoms with Gasteiger partial charge in [-0.2, -0.15) is 0 Å². The van der Waals surface area contributed by atoms with Crippen molar-refractivity contribution < 1.29 is 13.2 Å². The smallest absolute Gasteiger partial charge is 0.223 e. The molecule has 2 aliphatic heterocycles. The standard InChI is InChI=1S/C18H28N4O3S/c1-26(24,25)20-10-9-17(23)22-11-5-8-15(13-22)18-16(12-19-21-18)14-6-3-2-4-7-14/h2-4,6-7,15-16,18-21H,5,8-13H2,1H3. The van der Waals surface area contributed by atoms with Crippen molar-refractivity contribution in [2.75, 3.05) is 32.4 Å². The molecule has 0 radical (unpaired) electrons. The Bertz CT molecular complexity index is 710. The van der Waals surface area contributed by atoms with Crippen molar-refractivity contribution in [2.24, 2.45) is 5.92 Å². The highest BCUT2D eigenvalue weighted by atomic mass is 32.2. The van der Waals surface area contributed by atoms with Gasteiger partial charge in [0.1, 0.15) is 0 Å². The minimum Gasteiger partial charge on any atom is -0.342 e. The van der Waals surface area contributed by atoms with E-state index in [1.807, 2.05) is 11.0 Å². The second-order valence-electron chi connectivity index (χ2n) is 7.23. The molecular weight excluding hydrogens is 352 g/mol. The van der Waals surface area contributed by atoms with E-state index in [9.17, 15) is 13.2 Å². The summed E-state index contributed by atoms with van der Waals surface area (Å²) >= 11 is 0. The zero-order chi connectivity index (χ0) is 18.6. The summed E-state index contributed by atoms with van der Waals surface area (Å²) < 4.78 is 24.7. The Morgan fingerprint density at radius 1 is 1.31 bits per heavy atom. The molecule has 2 heterocycles. The third-order valence-electron chi connectivity index (χ3n) is 5.27. The molecular formula is C18H28N4O3S. The van der Waals surface area contributed by atoms with Gasteiger partial charge in [-0.05, 0) is 24.3 Å². The molecule has 7 nitrogen and oxygen atoms in total. The molecule has 2 fully saturated rings. The van der Waals surface area contributed by atoms with E-state index in [0.717, 1.165) is 38.7 Å². The van der Waals surface area contributed by atoms with Crippen molar-refractivity contribution in [3.05, 3.63) is 35.9 Å². The number of hydrazine groups is 1. The van der Waals surface area contributed by atoms with Crippen molar-refractivity contribution >= 4 is 15.9 Å². The molecule has 3 N–H and O–H groups in total. The fourth-order valence-electron chi connectivity index (χ4n) is 4.02. The Morgan fingerprint density at radius 2 is 2.08 bits per heavy atom. The van der Waals surface area contributed by atoms with E-state index in [0.29, 0.717) is 17.9 Å². The van der Waals surface area contributed by atoms with Crippen molar-refractivity contribution in [2.45, 2.75) is 31.2 Å². The topological polar surface area (TPSA) is 90.5 Å². The number of sulfonamides is 1. The lowest BCUT2D eigenvalue weighted by Gasteiger charge is -2.37. The second-order valence-corrected chi connectivity index (χ2v) is 9.06. The molecule has 144 valence electrons. The Balaban J connectivity index is 1.58. The number of hydrogen-bond donors (Lipinski definition) is 3. The Morgan fingerprint density at radius 3 is 2.81 bits per heavy atom. The summed E-state index contributed by atoms with van der Waals surface area (Å²) in [7, 11) is -3.25. The highest BCUT2D eigenvalue weighted by Gasteiger charge is 2.37. The zero-order valence-electron chi connectivity index (χ0n) is 15.1. The van der Waals surface area contributed by atoms with Gasteiger partial charge in [-0.25, -0.2) is 13.1 Å². The van der Waals surface area contributed by atoms with Gasteiger partial charge in [0, 0.05) is 44.6 Å². The summed E-state index contributed by atoms with van der Waals surface area (Å²) in [5.41, 5.74) is 8.02. The number of likely N-dealkylation sites (tertiary alicyclic amines) is 1. The summed E-state index contributed by atoms with van der Waals surface area (Å²) in [5, 5.41) is 0. The van der Waals surface area contributed by atoms with Gasteiger partial charge in [-0.1, -0.05) is 30.3 Å². The SMILES string of the molecule is CS(=O)(=O)NCCC(=O)N1CCCC(C2NNCC2c2ccccc2)C1. The number of benzene rings is 1. The average Bonchev–Trinajstić information content (AvgIpc) is 3.11. The number of nitrogens with zero attached hydrogens (tertiary/aromatic N) is 1. The number of rotatable bonds is 6. The van der Waals surface area contributed by atoms with E-state index in [-0.39, 0.29) is 18.9 Å². The predicted molar refractivity (Wildman–Crippen MR) is 101 cm³/mol. The van der Waals surface area contributed by atoms with E-state index in [2.05, 4.69) is 39.8 Å². The molecule has 1 aromatic rings. The van der Waals surface area contributed by atoms with E-state index < -0.39 is 10.0 Å². The maximum atomic E-state index is 12.5. The fourth-order valence-corrected chi connectivity index (χ4v) is 4.49. The van der Waals surface area contributed by atoms with Crippen LogP contribution in [0, 0.1) is 5.92 Å². The quantitative estimate of drug-likeness (QED) is 0.666. The molecule has 0 spiro atoms. The first kappa shape index (κ1) is 19.3. The van der Waals surface area contributed by atoms with Gasteiger partial charge >= 0.3 is 0 Å². The molecule has 2 aliphatic rings. The molecule has 2 saturated heterocycles. The van der Waals surface area contributed by atoms with Crippen LogP contribution in [-0.2, 0) is 14.8 Å². The molecule has 0 saturated carbocycles. The van der Waals surface area contributed by atoms with Crippen LogP contribution in [0.3, 0.4) is 0 Å². The average molecular weight is 381 g/mol. The minimum absolute atomic E-state index is 0.0214. The first-order valence-corrected chi connectivity index (χ1v) is 11.1. The van der Waals surface area contributed by atoms with Crippen molar-refractivity contribution in [3.63, 3.8) is 0 Å². The highest BCUT2D eigenvalue weighted by Crippen LogP contribution is 2.31. The number of nitrogens with one attached hydrogen (secondary N) is 3. The largest absolute Gasteiger partial charge is 0.342 e. The molecule has 3 rings (SSSR count). The number of amides is 1. The molecule has 0 aliphatic carbocycles. The number of hydrogen-bond acceptors (Lipinski definition) is 5. The van der Waals surface area contributed by atoms with Crippen molar-refractivity contribution in [3.8, 4) is 0 Å². The van der Waals surface area contributed by atoms with Crippen LogP contribution in [0.25, 0.3) is 0 Å². The molecule has 1 amide bonds. The molecule has 26 heavy (non-hydrogen) atoms. The lowest BCUT2D eigenvalue weighted by atomic mass is 9.81. The van der Waals surface area contributed by atoms with Gasteiger partial charge in [-0.15, -0.1) is 0 Å². The van der Waals surface area contributed by atoms with Gasteiger partial charge in [0.2, 0.25) is 15.9 Å². The fraction of sp³-hybridized carbons (Fsp3) is 0.611. The van der Waals surface area contributed by atoms with Gasteiger partial charge in [-0.3, -0.25) is 15.6 Å². The summed E-state index contributed by atoms with van der Waals surface area (Å²) in [6.45, 7) is 2.52. The zero-order valence-corrected chi connectivity index (χ0v) is 16.0. The van der Waals surface area contributed by atoms with Crippen molar-refractivity contribution in [1.29, 1.82) is 0 Å². The first-order valence-electron chi connectivity index (χ1n) is 9.20. The first-order chi connectivity index (χ1) is 12.4. The van der Waals surface area contributed by atoms with Crippen LogP contribution in [0.15, 0.2) is 30.3 Å². The number of carbonyl (C=O) groups is 1. The highest BCUT2D eigenvalue weighted by molar-refractivity contribution is 7.88. The van der Waals surface area contributed by atoms with Crippen LogP contribution in [0.1, 0.15) is 30.7 Å². The van der Waals surface area contributed by atoms with Gasteiger partial charge < -0.3 is 4.90 Å². The van der Waals surface area contributed by atoms with Crippen LogP contribution in [0.4, 0.5) is 0 Å². The molecule has 1 aromatic carbocycles. The van der Waals surface area contributed by atoms with E-state index in [1.54, 1.807) is 0 Å². The second kappa shape index (κ2) is 8.47. The lowest BCUT2D eigenvalue weighted by Crippen LogP contribution is -2.48. The third kappa shape index (κ3) is 5.03. The molecule has 3 atom stereocenters. The summed E-state index contributed by atoms with van der Waals surface area (Å²) in [6, 6.07) is 10.8. The van der Waals surface area contributed by atoms with E-state index in [1.165, 1.54) is 5.56 Å². The maximum absolute atomic E-state index is 12.5. The number of piperidine rings is 1. The van der Waals surface area contributed by atoms with Crippen LogP contribution in [-0.4, -0.2) is 57.7 Å². The minimum atomic E-state index is -3.25. The van der Waals surface area contributed by atoms with Crippen LogP contribution in [0.5, 0.6) is 0 Å². The third-order valence-corrected chi connectivity index (χ3v) is 6.00. The van der Waals surface area contributed by atoms with E-state index >= 15 is 0 Å². The van der Waals surface area contributed by atoms with Crippen molar-refractivity contribution in [1.82, 2.24) is 20.5 Å². The monoisotopic (exact) mass is 380 g/mol. The Labute approximate surface area is 155 Å². The van der Waals surface area contributed by atoms with E-state index in [4.69, 9.17) is 0 Å². The molecule has 3 unspecified atom stereocenters. The van der Waals surface area contributed by atoms with Crippen LogP contribution in [0.2, 0.25) is 0 Å². The maximum Gasteiger partial charge on any atom is 0.223 e. The van der Waals surface area contributed by atoms with Crippen LogP contribution < -0.4 is 15.6 Å². The van der Waals surface area contributed by atoms with Gasteiger partial charge in [0.25, 0.3) is 0 Å². The summed E-state index contributed by atoms with van der Waals surface area (Å²) in [4.78, 5) is 14.3. The molecule has 0 bridgehead atoms. The Kier molecular flexibility index (Phi) is 6.29.